The molecule has 1 heterocycles. The van der Waals surface area contributed by atoms with Crippen molar-refractivity contribution in [3.8, 4) is 11.5 Å². The van der Waals surface area contributed by atoms with E-state index >= 15 is 0 Å². The zero-order valence-electron chi connectivity index (χ0n) is 11.2. The average Bonchev–Trinajstić information content (AvgIpc) is 2.43. The number of aromatic nitrogens is 1. The molecule has 3 nitrogen and oxygen atoms in total. The Balaban J connectivity index is 2.07. The molecule has 1 aromatic heterocycles. The molecule has 0 bridgehead atoms. The Morgan fingerprint density at radius 1 is 1.20 bits per heavy atom. The normalized spacial score (nSPS) is 10.6. The van der Waals surface area contributed by atoms with Crippen molar-refractivity contribution in [2.24, 2.45) is 0 Å². The first kappa shape index (κ1) is 15.5. The summed E-state index contributed by atoms with van der Waals surface area (Å²) in [4.78, 5) is 4.22. The standard InChI is InChI=1S/C15H16Br2N2O/c1-2-5-18-8-11-6-13(10-19-9-11)20-15-4-3-12(16)7-14(15)17/h3-4,6-7,9-10,18H,2,5,8H2,1H3. The van der Waals surface area contributed by atoms with Gasteiger partial charge >= 0.3 is 0 Å². The summed E-state index contributed by atoms with van der Waals surface area (Å²) in [6.45, 7) is 3.96. The lowest BCUT2D eigenvalue weighted by atomic mass is 10.2. The van der Waals surface area contributed by atoms with E-state index in [0.717, 1.165) is 45.5 Å². The van der Waals surface area contributed by atoms with E-state index in [1.807, 2.05) is 30.5 Å². The fourth-order valence-corrected chi connectivity index (χ4v) is 2.84. The summed E-state index contributed by atoms with van der Waals surface area (Å²) in [5.41, 5.74) is 1.11. The minimum atomic E-state index is 0.740. The van der Waals surface area contributed by atoms with Crippen LogP contribution in [0.5, 0.6) is 11.5 Å². The van der Waals surface area contributed by atoms with Gasteiger partial charge in [-0.25, -0.2) is 0 Å². The second-order valence-electron chi connectivity index (χ2n) is 4.38. The second kappa shape index (κ2) is 7.76. The van der Waals surface area contributed by atoms with Crippen molar-refractivity contribution in [2.75, 3.05) is 6.54 Å². The maximum Gasteiger partial charge on any atom is 0.146 e. The third-order valence-electron chi connectivity index (χ3n) is 2.65. The molecule has 1 N–H and O–H groups in total. The highest BCUT2D eigenvalue weighted by atomic mass is 79.9. The predicted molar refractivity (Wildman–Crippen MR) is 88.2 cm³/mol. The quantitative estimate of drug-likeness (QED) is 0.701. The number of ether oxygens (including phenoxy) is 1. The van der Waals surface area contributed by atoms with E-state index in [0.29, 0.717) is 0 Å². The average molecular weight is 400 g/mol. The number of hydrogen-bond acceptors (Lipinski definition) is 3. The fourth-order valence-electron chi connectivity index (χ4n) is 1.71. The molecule has 0 atom stereocenters. The van der Waals surface area contributed by atoms with Gasteiger partial charge in [-0.15, -0.1) is 0 Å². The Morgan fingerprint density at radius 3 is 2.80 bits per heavy atom. The van der Waals surface area contributed by atoms with E-state index < -0.39 is 0 Å². The smallest absolute Gasteiger partial charge is 0.146 e. The van der Waals surface area contributed by atoms with Crippen LogP contribution >= 0.6 is 31.9 Å². The Bertz CT molecular complexity index is 576. The monoisotopic (exact) mass is 398 g/mol. The largest absolute Gasteiger partial charge is 0.455 e. The highest BCUT2D eigenvalue weighted by Crippen LogP contribution is 2.31. The van der Waals surface area contributed by atoms with Crippen LogP contribution < -0.4 is 10.1 Å². The Morgan fingerprint density at radius 2 is 2.05 bits per heavy atom. The third-order valence-corrected chi connectivity index (χ3v) is 3.76. The van der Waals surface area contributed by atoms with E-state index in [2.05, 4.69) is 49.1 Å². The Kier molecular flexibility index (Phi) is 6.01. The van der Waals surface area contributed by atoms with Gasteiger partial charge in [0.15, 0.2) is 0 Å². The van der Waals surface area contributed by atoms with Crippen LogP contribution in [0, 0.1) is 0 Å². The van der Waals surface area contributed by atoms with Gasteiger partial charge < -0.3 is 10.1 Å². The molecule has 0 saturated carbocycles. The molecule has 0 amide bonds. The number of halogens is 2. The lowest BCUT2D eigenvalue weighted by molar-refractivity contribution is 0.476. The SMILES string of the molecule is CCCNCc1cncc(Oc2ccc(Br)cc2Br)c1. The molecule has 0 radical (unpaired) electrons. The molecule has 2 rings (SSSR count). The first-order valence-electron chi connectivity index (χ1n) is 6.46. The summed E-state index contributed by atoms with van der Waals surface area (Å²) in [5, 5.41) is 3.35. The molecule has 20 heavy (non-hydrogen) atoms. The van der Waals surface area contributed by atoms with Crippen molar-refractivity contribution in [1.29, 1.82) is 0 Å². The first-order valence-corrected chi connectivity index (χ1v) is 8.05. The van der Waals surface area contributed by atoms with Gasteiger partial charge in [-0.1, -0.05) is 22.9 Å². The van der Waals surface area contributed by atoms with Crippen molar-refractivity contribution < 1.29 is 4.74 Å². The number of pyridine rings is 1. The predicted octanol–water partition coefficient (Wildman–Crippen LogP) is 4.90. The second-order valence-corrected chi connectivity index (χ2v) is 6.15. The van der Waals surface area contributed by atoms with Crippen molar-refractivity contribution in [3.63, 3.8) is 0 Å². The number of hydrogen-bond donors (Lipinski definition) is 1. The molecule has 0 saturated heterocycles. The first-order chi connectivity index (χ1) is 9.69. The molecule has 1 aromatic carbocycles. The molecular weight excluding hydrogens is 384 g/mol. The number of rotatable bonds is 6. The summed E-state index contributed by atoms with van der Waals surface area (Å²) in [6, 6.07) is 7.82. The number of nitrogens with zero attached hydrogens (tertiary/aromatic N) is 1. The lowest BCUT2D eigenvalue weighted by Gasteiger charge is -2.09. The molecule has 0 aliphatic heterocycles. The van der Waals surface area contributed by atoms with Gasteiger partial charge in [-0.3, -0.25) is 4.98 Å². The van der Waals surface area contributed by atoms with Crippen LogP contribution in [0.1, 0.15) is 18.9 Å². The van der Waals surface area contributed by atoms with Crippen LogP contribution in [0.25, 0.3) is 0 Å². The maximum atomic E-state index is 5.85. The van der Waals surface area contributed by atoms with Crippen LogP contribution in [0.15, 0.2) is 45.6 Å². The van der Waals surface area contributed by atoms with Crippen molar-refractivity contribution in [3.05, 3.63) is 51.2 Å². The summed E-state index contributed by atoms with van der Waals surface area (Å²) < 4.78 is 7.76. The molecule has 5 heteroatoms. The van der Waals surface area contributed by atoms with E-state index in [1.54, 1.807) is 6.20 Å². The van der Waals surface area contributed by atoms with E-state index in [9.17, 15) is 0 Å². The van der Waals surface area contributed by atoms with Crippen molar-refractivity contribution in [1.82, 2.24) is 10.3 Å². The lowest BCUT2D eigenvalue weighted by Crippen LogP contribution is -2.13. The molecule has 0 aliphatic rings. The molecule has 0 fully saturated rings. The van der Waals surface area contributed by atoms with Gasteiger partial charge in [0.25, 0.3) is 0 Å². The van der Waals surface area contributed by atoms with Crippen LogP contribution in [0.4, 0.5) is 0 Å². The topological polar surface area (TPSA) is 34.2 Å². The summed E-state index contributed by atoms with van der Waals surface area (Å²) in [5.74, 6) is 1.51. The van der Waals surface area contributed by atoms with Gasteiger partial charge in [0.2, 0.25) is 0 Å². The molecule has 0 unspecified atom stereocenters. The van der Waals surface area contributed by atoms with E-state index in [-0.39, 0.29) is 0 Å². The van der Waals surface area contributed by atoms with Gasteiger partial charge in [-0.2, -0.15) is 0 Å². The minimum Gasteiger partial charge on any atom is -0.455 e. The van der Waals surface area contributed by atoms with Crippen LogP contribution in [-0.2, 0) is 6.54 Å². The highest BCUT2D eigenvalue weighted by molar-refractivity contribution is 9.11. The zero-order chi connectivity index (χ0) is 14.4. The molecule has 2 aromatic rings. The Labute approximate surface area is 136 Å². The fraction of sp³-hybridized carbons (Fsp3) is 0.267. The van der Waals surface area contributed by atoms with Crippen molar-refractivity contribution in [2.45, 2.75) is 19.9 Å². The van der Waals surface area contributed by atoms with Gasteiger partial charge in [0.05, 0.1) is 10.7 Å². The van der Waals surface area contributed by atoms with Gasteiger partial charge in [0.1, 0.15) is 11.5 Å². The summed E-state index contributed by atoms with van der Waals surface area (Å²) in [6.07, 6.45) is 4.69. The van der Waals surface area contributed by atoms with Gasteiger partial charge in [0, 0.05) is 17.2 Å². The third kappa shape index (κ3) is 4.58. The number of benzene rings is 1. The zero-order valence-corrected chi connectivity index (χ0v) is 14.4. The summed E-state index contributed by atoms with van der Waals surface area (Å²) in [7, 11) is 0. The molecule has 0 aliphatic carbocycles. The highest BCUT2D eigenvalue weighted by Gasteiger charge is 2.04. The Hall–Kier alpha value is -0.910. The molecule has 106 valence electrons. The minimum absolute atomic E-state index is 0.740. The van der Waals surface area contributed by atoms with E-state index in [1.165, 1.54) is 0 Å². The van der Waals surface area contributed by atoms with Gasteiger partial charge in [-0.05, 0) is 58.7 Å². The van der Waals surface area contributed by atoms with Crippen LogP contribution in [0.3, 0.4) is 0 Å². The van der Waals surface area contributed by atoms with Crippen LogP contribution in [0.2, 0.25) is 0 Å². The number of nitrogens with one attached hydrogen (secondary N) is 1. The van der Waals surface area contributed by atoms with E-state index in [4.69, 9.17) is 4.74 Å². The van der Waals surface area contributed by atoms with Crippen molar-refractivity contribution >= 4 is 31.9 Å². The maximum absolute atomic E-state index is 5.85. The molecule has 0 spiro atoms. The molecular formula is C15H16Br2N2O. The summed E-state index contributed by atoms with van der Waals surface area (Å²) >= 11 is 6.91. The van der Waals surface area contributed by atoms with Crippen LogP contribution in [-0.4, -0.2) is 11.5 Å².